The third kappa shape index (κ3) is 20.2. The van der Waals surface area contributed by atoms with Gasteiger partial charge in [0.15, 0.2) is 0 Å². The van der Waals surface area contributed by atoms with Crippen LogP contribution in [0.15, 0.2) is 0 Å². The first kappa shape index (κ1) is 25.2. The minimum absolute atomic E-state index is 0. The Morgan fingerprint density at radius 3 is 1.20 bits per heavy atom. The fraction of sp³-hybridized carbons (Fsp3) is 0. The molecule has 0 unspecified atom stereocenters. The first-order valence-corrected chi connectivity index (χ1v) is 1.37. The van der Waals surface area contributed by atoms with Crippen LogP contribution in [-0.4, -0.2) is 68.1 Å². The van der Waals surface area contributed by atoms with Crippen LogP contribution < -0.4 is 0 Å². The molecule has 5 heteroatoms. The van der Waals surface area contributed by atoms with Crippen LogP contribution in [0.5, 0.6) is 0 Å². The van der Waals surface area contributed by atoms with Gasteiger partial charge in [0.1, 0.15) is 0 Å². The third-order valence-electron chi connectivity index (χ3n) is 0. The summed E-state index contributed by atoms with van der Waals surface area (Å²) in [4.78, 5) is 0. The van der Waals surface area contributed by atoms with Crippen molar-refractivity contribution in [1.82, 2.24) is 0 Å². The molecule has 0 saturated heterocycles. The molecule has 0 atom stereocenters. The van der Waals surface area contributed by atoms with Crippen LogP contribution in [0.4, 0.5) is 0 Å². The van der Waals surface area contributed by atoms with Crippen LogP contribution in [0.3, 0.4) is 0 Å². The molecule has 0 spiro atoms. The standard InChI is InChI=1S/Ga.In.O.Sn.Zn. The maximum Gasteiger partial charge on any atom is 0 e. The van der Waals surface area contributed by atoms with Gasteiger partial charge in [0, 0.05) is 65.1 Å². The Bertz CT molecular complexity index is 11.6. The number of rotatable bonds is 0. The van der Waals surface area contributed by atoms with Crippen molar-refractivity contribution in [2.24, 2.45) is 0 Å². The van der Waals surface area contributed by atoms with Crippen LogP contribution in [-0.2, 0) is 22.6 Å². The summed E-state index contributed by atoms with van der Waals surface area (Å²) in [7, 11) is 0. The summed E-state index contributed by atoms with van der Waals surface area (Å²) in [6.07, 6.45) is 0. The summed E-state index contributed by atoms with van der Waals surface area (Å²) < 4.78 is 8.34. The molecule has 0 aromatic carbocycles. The molecule has 0 rings (SSSR count). The van der Waals surface area contributed by atoms with Crippen LogP contribution in [0.1, 0.15) is 0 Å². The molecule has 0 aliphatic heterocycles. The predicted octanol–water partition coefficient (Wildman–Crippen LogP) is -1.26. The van der Waals surface area contributed by atoms with E-state index in [2.05, 4.69) is 0 Å². The van der Waals surface area contributed by atoms with E-state index in [-0.39, 0.29) is 65.1 Å². The Labute approximate surface area is 89.1 Å². The summed E-state index contributed by atoms with van der Waals surface area (Å²) in [5.41, 5.74) is 0. The summed E-state index contributed by atoms with van der Waals surface area (Å²) in [5.74, 6) is 0. The van der Waals surface area contributed by atoms with Gasteiger partial charge >= 0.3 is 25.6 Å². The summed E-state index contributed by atoms with van der Waals surface area (Å²) >= 11 is 0.300. The molecule has 18 valence electrons. The summed E-state index contributed by atoms with van der Waals surface area (Å²) in [6.45, 7) is 0. The molecule has 0 aliphatic rings. The molecule has 1 nitrogen and oxygen atoms in total. The normalized spacial score (nSPS) is 0.800. The second-order valence-corrected chi connectivity index (χ2v) is 0. The Hall–Kier alpha value is 2.73. The molecule has 0 amide bonds. The van der Waals surface area contributed by atoms with Crippen LogP contribution in [0.25, 0.3) is 0 Å². The van der Waals surface area contributed by atoms with Crippen molar-refractivity contribution in [2.75, 3.05) is 0 Å². The van der Waals surface area contributed by atoms with Gasteiger partial charge < -0.3 is 0 Å². The molecule has 0 aliphatic carbocycles. The Kier molecular flexibility index (Phi) is 149. The zero-order valence-corrected chi connectivity index (χ0v) is 14.3. The first-order valence-electron chi connectivity index (χ1n) is 0.204. The topological polar surface area (TPSA) is 17.1 Å². The van der Waals surface area contributed by atoms with Crippen molar-refractivity contribution in [3.8, 4) is 0 Å². The Balaban J connectivity index is -0.00000000167. The Morgan fingerprint density at radius 1 is 1.20 bits per heavy atom. The largest absolute Gasteiger partial charge is 0 e. The van der Waals surface area contributed by atoms with E-state index in [1.807, 2.05) is 0 Å². The fourth-order valence-electron chi connectivity index (χ4n) is 0. The van der Waals surface area contributed by atoms with Gasteiger partial charge in [-0.2, -0.15) is 0 Å². The molecular formula is GaInOSnZn. The van der Waals surface area contributed by atoms with E-state index in [0.29, 0.717) is 22.5 Å². The van der Waals surface area contributed by atoms with Crippen molar-refractivity contribution in [1.29, 1.82) is 0 Å². The maximum atomic E-state index is 8.34. The van der Waals surface area contributed by atoms with E-state index >= 15 is 0 Å². The van der Waals surface area contributed by atoms with Gasteiger partial charge in [0.05, 0.1) is 0 Å². The van der Waals surface area contributed by atoms with Crippen molar-refractivity contribution in [2.45, 2.75) is 0 Å². The second-order valence-electron chi connectivity index (χ2n) is 0. The van der Waals surface area contributed by atoms with Crippen LogP contribution in [0.2, 0.25) is 0 Å². The van der Waals surface area contributed by atoms with Gasteiger partial charge in [-0.15, -0.1) is 0 Å². The smallest absolute Gasteiger partial charge is 0 e. The van der Waals surface area contributed by atoms with Gasteiger partial charge in [-0.3, -0.25) is 0 Å². The molecule has 0 heterocycles. The van der Waals surface area contributed by atoms with Gasteiger partial charge in [0.2, 0.25) is 0 Å². The molecule has 0 saturated carbocycles. The predicted molar refractivity (Wildman–Crippen MR) is 17.9 cm³/mol. The SMILES string of the molecule is [Ga].[In].[O]=[Sn].[Zn]. The number of hydrogen-bond donors (Lipinski definition) is 0. The van der Waals surface area contributed by atoms with Crippen molar-refractivity contribution >= 4 is 68.1 Å². The molecule has 8 radical (unpaired) electrons. The summed E-state index contributed by atoms with van der Waals surface area (Å²) in [6, 6.07) is 0. The Morgan fingerprint density at radius 2 is 1.20 bits per heavy atom. The molecular weight excluding hydrogens is 385 g/mol. The average Bonchev–Trinajstić information content (AvgIpc) is 1.00. The third-order valence-corrected chi connectivity index (χ3v) is 0. The zero-order chi connectivity index (χ0) is 2.00. The fourth-order valence-corrected chi connectivity index (χ4v) is 0. The van der Waals surface area contributed by atoms with Gasteiger partial charge in [0.25, 0.3) is 0 Å². The van der Waals surface area contributed by atoms with Crippen LogP contribution in [0, 0.1) is 0 Å². The maximum absolute atomic E-state index is 8.34. The summed E-state index contributed by atoms with van der Waals surface area (Å²) in [5, 5.41) is 0. The molecule has 5 heavy (non-hydrogen) atoms. The van der Waals surface area contributed by atoms with Crippen molar-refractivity contribution in [3.05, 3.63) is 0 Å². The van der Waals surface area contributed by atoms with E-state index in [1.165, 1.54) is 0 Å². The van der Waals surface area contributed by atoms with Crippen molar-refractivity contribution < 1.29 is 22.6 Å². The molecule has 0 aromatic heterocycles. The molecule has 0 fully saturated rings. The van der Waals surface area contributed by atoms with Crippen LogP contribution >= 0.6 is 0 Å². The quantitative estimate of drug-likeness (QED) is 0.477. The van der Waals surface area contributed by atoms with E-state index in [4.69, 9.17) is 3.08 Å². The van der Waals surface area contributed by atoms with E-state index < -0.39 is 0 Å². The van der Waals surface area contributed by atoms with Gasteiger partial charge in [-0.25, -0.2) is 0 Å². The van der Waals surface area contributed by atoms with E-state index in [9.17, 15) is 0 Å². The molecule has 0 aromatic rings. The van der Waals surface area contributed by atoms with Gasteiger partial charge in [-0.1, -0.05) is 0 Å². The minimum atomic E-state index is 0. The van der Waals surface area contributed by atoms with Crippen molar-refractivity contribution in [3.63, 3.8) is 0 Å². The second kappa shape index (κ2) is 29.7. The first-order chi connectivity index (χ1) is 1.00. The van der Waals surface area contributed by atoms with E-state index in [0.717, 1.165) is 0 Å². The number of hydrogen-bond acceptors (Lipinski definition) is 1. The van der Waals surface area contributed by atoms with Gasteiger partial charge in [-0.05, 0) is 0 Å². The zero-order valence-electron chi connectivity index (χ0n) is 2.77. The van der Waals surface area contributed by atoms with E-state index in [1.54, 1.807) is 0 Å². The minimum Gasteiger partial charge on any atom is 0 e. The average molecular weight is 385 g/mol. The monoisotopic (exact) mass is 384 g/mol. The molecule has 0 N–H and O–H groups in total. The molecule has 0 bridgehead atoms.